The maximum Gasteiger partial charge on any atom is 0.231 e. The molecule has 0 spiro atoms. The lowest BCUT2D eigenvalue weighted by atomic mass is 10.3. The van der Waals surface area contributed by atoms with Crippen molar-refractivity contribution in [2.24, 2.45) is 4.99 Å². The van der Waals surface area contributed by atoms with Gasteiger partial charge < -0.3 is 14.0 Å². The first-order valence-electron chi connectivity index (χ1n) is 7.49. The van der Waals surface area contributed by atoms with E-state index in [1.54, 1.807) is 0 Å². The molecule has 1 aliphatic rings. The van der Waals surface area contributed by atoms with E-state index in [-0.39, 0.29) is 6.79 Å². The molecule has 0 aliphatic carbocycles. The van der Waals surface area contributed by atoms with Crippen LogP contribution in [0.3, 0.4) is 0 Å². The quantitative estimate of drug-likeness (QED) is 0.678. The summed E-state index contributed by atoms with van der Waals surface area (Å²) in [5, 5.41) is 0. The van der Waals surface area contributed by atoms with E-state index in [1.807, 2.05) is 42.6 Å². The fourth-order valence-corrected chi connectivity index (χ4v) is 2.70. The third kappa shape index (κ3) is 2.59. The topological polar surface area (TPSA) is 35.8 Å². The van der Waals surface area contributed by atoms with Crippen LogP contribution in [-0.4, -0.2) is 17.6 Å². The highest BCUT2D eigenvalue weighted by Crippen LogP contribution is 2.35. The molecule has 0 saturated heterocycles. The molecule has 3 aromatic rings. The van der Waals surface area contributed by atoms with E-state index in [2.05, 4.69) is 40.7 Å². The Morgan fingerprint density at radius 2 is 1.78 bits per heavy atom. The van der Waals surface area contributed by atoms with E-state index >= 15 is 0 Å². The Kier molecular flexibility index (Phi) is 3.35. The summed E-state index contributed by atoms with van der Waals surface area (Å²) in [7, 11) is 0. The van der Waals surface area contributed by atoms with Gasteiger partial charge in [0, 0.05) is 17.4 Å². The highest BCUT2D eigenvalue weighted by atomic mass is 16.7. The number of rotatable bonds is 3. The Hall–Kier alpha value is -3.01. The van der Waals surface area contributed by atoms with Crippen LogP contribution in [0.2, 0.25) is 0 Å². The molecule has 2 heterocycles. The molecule has 0 fully saturated rings. The maximum atomic E-state index is 5.39. The molecular weight excluding hydrogens is 288 g/mol. The zero-order chi connectivity index (χ0) is 15.6. The van der Waals surface area contributed by atoms with Crippen LogP contribution in [0.15, 0.2) is 65.7 Å². The standard InChI is InChI=1S/C19H16N2O2/c1-14-7-9-17(21(14)16-5-3-2-4-6-16)12-20-15-8-10-18-19(11-15)23-13-22-18/h2-12H,13H2,1H3. The van der Waals surface area contributed by atoms with Gasteiger partial charge in [-0.1, -0.05) is 18.2 Å². The summed E-state index contributed by atoms with van der Waals surface area (Å²) in [5.41, 5.74) is 4.17. The van der Waals surface area contributed by atoms with Gasteiger partial charge in [0.1, 0.15) is 0 Å². The summed E-state index contributed by atoms with van der Waals surface area (Å²) >= 11 is 0. The second-order valence-corrected chi connectivity index (χ2v) is 5.37. The van der Waals surface area contributed by atoms with Gasteiger partial charge in [0.2, 0.25) is 6.79 Å². The number of aryl methyl sites for hydroxylation is 1. The van der Waals surface area contributed by atoms with E-state index in [9.17, 15) is 0 Å². The van der Waals surface area contributed by atoms with Crippen molar-refractivity contribution in [1.82, 2.24) is 4.57 Å². The van der Waals surface area contributed by atoms with Crippen LogP contribution in [0, 0.1) is 6.92 Å². The van der Waals surface area contributed by atoms with Crippen molar-refractivity contribution in [2.45, 2.75) is 6.92 Å². The lowest BCUT2D eigenvalue weighted by Gasteiger charge is -2.08. The number of aromatic nitrogens is 1. The Labute approximate surface area is 134 Å². The number of ether oxygens (including phenoxy) is 2. The molecule has 114 valence electrons. The predicted molar refractivity (Wildman–Crippen MR) is 90.3 cm³/mol. The van der Waals surface area contributed by atoms with Crippen molar-refractivity contribution in [3.8, 4) is 17.2 Å². The largest absolute Gasteiger partial charge is 0.454 e. The third-order valence-electron chi connectivity index (χ3n) is 3.82. The normalized spacial score (nSPS) is 12.9. The smallest absolute Gasteiger partial charge is 0.231 e. The minimum atomic E-state index is 0.276. The third-order valence-corrected chi connectivity index (χ3v) is 3.82. The van der Waals surface area contributed by atoms with Crippen LogP contribution >= 0.6 is 0 Å². The molecular formula is C19H16N2O2. The number of nitrogens with zero attached hydrogens (tertiary/aromatic N) is 2. The Balaban J connectivity index is 1.67. The molecule has 0 N–H and O–H groups in total. The van der Waals surface area contributed by atoms with Gasteiger partial charge in [-0.25, -0.2) is 0 Å². The van der Waals surface area contributed by atoms with Crippen LogP contribution in [0.1, 0.15) is 11.4 Å². The van der Waals surface area contributed by atoms with Crippen molar-refractivity contribution in [1.29, 1.82) is 0 Å². The molecule has 4 rings (SSSR count). The van der Waals surface area contributed by atoms with Gasteiger partial charge in [0.25, 0.3) is 0 Å². The van der Waals surface area contributed by atoms with Gasteiger partial charge in [-0.05, 0) is 43.3 Å². The van der Waals surface area contributed by atoms with Crippen molar-refractivity contribution < 1.29 is 9.47 Å². The van der Waals surface area contributed by atoms with Crippen molar-refractivity contribution in [2.75, 3.05) is 6.79 Å². The molecule has 4 nitrogen and oxygen atoms in total. The van der Waals surface area contributed by atoms with E-state index in [0.717, 1.165) is 28.6 Å². The zero-order valence-corrected chi connectivity index (χ0v) is 12.8. The maximum absolute atomic E-state index is 5.39. The van der Waals surface area contributed by atoms with Crippen molar-refractivity contribution >= 4 is 11.9 Å². The van der Waals surface area contributed by atoms with Gasteiger partial charge in [0.15, 0.2) is 11.5 Å². The highest BCUT2D eigenvalue weighted by Gasteiger charge is 2.12. The molecule has 0 radical (unpaired) electrons. The summed E-state index contributed by atoms with van der Waals surface area (Å²) in [6.45, 7) is 2.36. The molecule has 0 unspecified atom stereocenters. The fourth-order valence-electron chi connectivity index (χ4n) is 2.70. The van der Waals surface area contributed by atoms with Gasteiger partial charge in [-0.2, -0.15) is 0 Å². The summed E-state index contributed by atoms with van der Waals surface area (Å²) < 4.78 is 12.9. The van der Waals surface area contributed by atoms with Crippen LogP contribution in [0.4, 0.5) is 5.69 Å². The molecule has 2 aromatic carbocycles. The minimum absolute atomic E-state index is 0.276. The second kappa shape index (κ2) is 5.65. The van der Waals surface area contributed by atoms with Crippen molar-refractivity contribution in [3.05, 3.63) is 72.1 Å². The SMILES string of the molecule is Cc1ccc(C=Nc2ccc3c(c2)OCO3)n1-c1ccccc1. The minimum Gasteiger partial charge on any atom is -0.454 e. The Bertz CT molecular complexity index is 866. The van der Waals surface area contributed by atoms with Gasteiger partial charge >= 0.3 is 0 Å². The average Bonchev–Trinajstić information content (AvgIpc) is 3.19. The summed E-state index contributed by atoms with van der Waals surface area (Å²) in [5.74, 6) is 1.52. The average molecular weight is 304 g/mol. The molecule has 1 aliphatic heterocycles. The first-order valence-corrected chi connectivity index (χ1v) is 7.49. The fraction of sp³-hybridized carbons (Fsp3) is 0.105. The molecule has 0 bridgehead atoms. The first-order chi connectivity index (χ1) is 11.3. The number of para-hydroxylation sites is 1. The Morgan fingerprint density at radius 1 is 0.957 bits per heavy atom. The van der Waals surface area contributed by atoms with Gasteiger partial charge in [0.05, 0.1) is 17.6 Å². The number of hydrogen-bond acceptors (Lipinski definition) is 3. The van der Waals surface area contributed by atoms with E-state index in [1.165, 1.54) is 5.69 Å². The number of fused-ring (bicyclic) bond motifs is 1. The second-order valence-electron chi connectivity index (χ2n) is 5.37. The lowest BCUT2D eigenvalue weighted by molar-refractivity contribution is 0.174. The highest BCUT2D eigenvalue weighted by molar-refractivity contribution is 5.81. The molecule has 23 heavy (non-hydrogen) atoms. The van der Waals surface area contributed by atoms with Gasteiger partial charge in [-0.15, -0.1) is 0 Å². The monoisotopic (exact) mass is 304 g/mol. The van der Waals surface area contributed by atoms with Gasteiger partial charge in [-0.3, -0.25) is 4.99 Å². The lowest BCUT2D eigenvalue weighted by Crippen LogP contribution is -2.00. The number of hydrogen-bond donors (Lipinski definition) is 0. The van der Waals surface area contributed by atoms with Crippen LogP contribution in [0.25, 0.3) is 5.69 Å². The Morgan fingerprint density at radius 3 is 2.65 bits per heavy atom. The summed E-state index contributed by atoms with van der Waals surface area (Å²) in [6, 6.07) is 20.1. The molecule has 0 atom stereocenters. The molecule has 0 amide bonds. The summed E-state index contributed by atoms with van der Waals surface area (Å²) in [6.07, 6.45) is 1.87. The molecule has 0 saturated carbocycles. The van der Waals surface area contributed by atoms with Crippen LogP contribution < -0.4 is 9.47 Å². The van der Waals surface area contributed by atoms with Crippen molar-refractivity contribution in [3.63, 3.8) is 0 Å². The van der Waals surface area contributed by atoms with Crippen LogP contribution in [-0.2, 0) is 0 Å². The van der Waals surface area contributed by atoms with E-state index in [0.29, 0.717) is 0 Å². The predicted octanol–water partition coefficient (Wildman–Crippen LogP) is 4.27. The first kappa shape index (κ1) is 13.6. The molecule has 4 heteroatoms. The molecule has 1 aromatic heterocycles. The number of aliphatic imine (C=N–C) groups is 1. The summed E-state index contributed by atoms with van der Waals surface area (Å²) in [4.78, 5) is 4.57. The van der Waals surface area contributed by atoms with E-state index in [4.69, 9.17) is 9.47 Å². The van der Waals surface area contributed by atoms with Crippen LogP contribution in [0.5, 0.6) is 11.5 Å². The number of benzene rings is 2. The van der Waals surface area contributed by atoms with E-state index < -0.39 is 0 Å². The zero-order valence-electron chi connectivity index (χ0n) is 12.8.